The van der Waals surface area contributed by atoms with Gasteiger partial charge in [-0.1, -0.05) is 49.1 Å². The minimum atomic E-state index is 0.402. The third-order valence-corrected chi connectivity index (χ3v) is 9.73. The highest BCUT2D eigenvalue weighted by molar-refractivity contribution is 7.21. The number of halogens is 1. The van der Waals surface area contributed by atoms with Gasteiger partial charge in [0.2, 0.25) is 0 Å². The number of fused-ring (bicyclic) bond motifs is 1. The molecule has 1 aliphatic carbocycles. The van der Waals surface area contributed by atoms with Crippen molar-refractivity contribution in [2.75, 3.05) is 49.7 Å². The first-order valence-corrected chi connectivity index (χ1v) is 14.6. The summed E-state index contributed by atoms with van der Waals surface area (Å²) in [6, 6.07) is 2.88. The molecule has 1 saturated carbocycles. The maximum absolute atomic E-state index is 6.27. The Labute approximate surface area is 210 Å². The topological polar surface area (TPSA) is 52.7 Å². The average molecular weight is 510 g/mol. The van der Waals surface area contributed by atoms with Crippen molar-refractivity contribution in [2.45, 2.75) is 57.9 Å². The summed E-state index contributed by atoms with van der Waals surface area (Å²) >= 11 is 9.69. The number of aromatic nitrogens is 1. The number of nitrogens with zero attached hydrogens (tertiary/aromatic N) is 3. The van der Waals surface area contributed by atoms with E-state index in [-0.39, 0.29) is 0 Å². The summed E-state index contributed by atoms with van der Waals surface area (Å²) < 4.78 is 0. The van der Waals surface area contributed by atoms with E-state index in [0.29, 0.717) is 6.73 Å². The van der Waals surface area contributed by atoms with E-state index in [4.69, 9.17) is 21.4 Å². The molecular weight excluding hydrogens is 474 g/mol. The van der Waals surface area contributed by atoms with Gasteiger partial charge in [0.1, 0.15) is 17.4 Å². The molecule has 0 radical (unpaired) electrons. The van der Waals surface area contributed by atoms with Crippen LogP contribution >= 0.6 is 34.3 Å². The number of hydrogen-bond acceptors (Lipinski definition) is 8. The van der Waals surface area contributed by atoms with E-state index in [2.05, 4.69) is 27.5 Å². The van der Waals surface area contributed by atoms with Gasteiger partial charge in [0.05, 0.1) is 9.90 Å². The number of hydroxylamine groups is 1. The van der Waals surface area contributed by atoms with Gasteiger partial charge >= 0.3 is 0 Å². The van der Waals surface area contributed by atoms with Gasteiger partial charge in [-0.15, -0.1) is 11.3 Å². The number of likely N-dealkylation sites (tertiary alicyclic amines) is 1. The van der Waals surface area contributed by atoms with E-state index < -0.39 is 0 Å². The molecule has 5 rings (SSSR count). The second kappa shape index (κ2) is 11.2. The lowest BCUT2D eigenvalue weighted by atomic mass is 9.85. The van der Waals surface area contributed by atoms with Crippen LogP contribution in [0.25, 0.3) is 10.6 Å². The molecule has 0 bridgehead atoms. The van der Waals surface area contributed by atoms with Gasteiger partial charge in [0.15, 0.2) is 5.13 Å². The standard InChI is InChI=1S/C24H36ClN5OS2/c1-2-9-27-31-16-26-24-28-22(21-11-19(25)15-32-21)23(33-24)30-12-17-8-10-29(13-18(17)14-30)20-6-4-3-5-7-20/h11,15,17-18,20,27H,2-10,12-14,16H2,1H3,(H,26,28). The monoisotopic (exact) mass is 509 g/mol. The summed E-state index contributed by atoms with van der Waals surface area (Å²) in [5.74, 6) is 1.56. The van der Waals surface area contributed by atoms with Crippen LogP contribution in [0.2, 0.25) is 5.02 Å². The second-order valence-corrected chi connectivity index (χ2v) is 12.0. The number of nitrogens with one attached hydrogen (secondary N) is 2. The van der Waals surface area contributed by atoms with Gasteiger partial charge < -0.3 is 15.1 Å². The number of hydrogen-bond donors (Lipinski definition) is 2. The number of piperidine rings is 1. The zero-order valence-electron chi connectivity index (χ0n) is 19.5. The molecule has 9 heteroatoms. The Morgan fingerprint density at radius 1 is 1.15 bits per heavy atom. The summed E-state index contributed by atoms with van der Waals surface area (Å²) in [7, 11) is 0. The molecule has 4 heterocycles. The molecular formula is C24H36ClN5OS2. The number of anilines is 2. The highest BCUT2D eigenvalue weighted by Gasteiger charge is 2.40. The van der Waals surface area contributed by atoms with Crippen LogP contribution in [0, 0.1) is 11.8 Å². The molecule has 182 valence electrons. The molecule has 2 aromatic rings. The predicted molar refractivity (Wildman–Crippen MR) is 141 cm³/mol. The minimum absolute atomic E-state index is 0.402. The molecule has 0 amide bonds. The first kappa shape index (κ1) is 23.8. The van der Waals surface area contributed by atoms with Gasteiger partial charge in [0, 0.05) is 37.6 Å². The van der Waals surface area contributed by atoms with Crippen molar-refractivity contribution in [1.82, 2.24) is 15.4 Å². The molecule has 2 aliphatic heterocycles. The molecule has 33 heavy (non-hydrogen) atoms. The molecule has 0 aromatic carbocycles. The van der Waals surface area contributed by atoms with Crippen molar-refractivity contribution in [1.29, 1.82) is 0 Å². The van der Waals surface area contributed by atoms with Gasteiger partial charge in [-0.3, -0.25) is 4.84 Å². The number of thiophene rings is 1. The van der Waals surface area contributed by atoms with Gasteiger partial charge in [-0.05, 0) is 50.1 Å². The highest BCUT2D eigenvalue weighted by Crippen LogP contribution is 2.45. The Kier molecular flexibility index (Phi) is 8.10. The molecule has 2 N–H and O–H groups in total. The lowest BCUT2D eigenvalue weighted by Gasteiger charge is -2.41. The van der Waals surface area contributed by atoms with Crippen LogP contribution in [0.4, 0.5) is 10.1 Å². The Balaban J connectivity index is 1.28. The van der Waals surface area contributed by atoms with Crippen molar-refractivity contribution in [3.8, 4) is 10.6 Å². The zero-order chi connectivity index (χ0) is 22.6. The fraction of sp³-hybridized carbons (Fsp3) is 0.708. The van der Waals surface area contributed by atoms with Crippen LogP contribution in [0.3, 0.4) is 0 Å². The fourth-order valence-electron chi connectivity index (χ4n) is 5.66. The largest absolute Gasteiger partial charge is 0.361 e. The highest BCUT2D eigenvalue weighted by atomic mass is 35.5. The first-order chi connectivity index (χ1) is 16.2. The summed E-state index contributed by atoms with van der Waals surface area (Å²) in [5, 5.41) is 8.30. The third kappa shape index (κ3) is 5.68. The summed E-state index contributed by atoms with van der Waals surface area (Å²) in [6.07, 6.45) is 9.46. The quantitative estimate of drug-likeness (QED) is 0.249. The third-order valence-electron chi connectivity index (χ3n) is 7.37. The molecule has 2 saturated heterocycles. The molecule has 6 nitrogen and oxygen atoms in total. The van der Waals surface area contributed by atoms with E-state index in [9.17, 15) is 0 Å². The Morgan fingerprint density at radius 3 is 2.79 bits per heavy atom. The Morgan fingerprint density at radius 2 is 2.00 bits per heavy atom. The molecule has 3 aliphatic rings. The van der Waals surface area contributed by atoms with Crippen molar-refractivity contribution in [3.05, 3.63) is 16.5 Å². The van der Waals surface area contributed by atoms with E-state index >= 15 is 0 Å². The molecule has 2 aromatic heterocycles. The summed E-state index contributed by atoms with van der Waals surface area (Å²) in [4.78, 5) is 17.0. The van der Waals surface area contributed by atoms with E-state index in [1.165, 1.54) is 56.6 Å². The SMILES string of the molecule is CCCNOCNc1nc(-c2cc(Cl)cs2)c(N2CC3CCN(C4CCCCC4)CC3C2)s1. The van der Waals surface area contributed by atoms with Crippen LogP contribution in [0.15, 0.2) is 11.4 Å². The maximum atomic E-state index is 6.27. The number of thiazole rings is 1. The van der Waals surface area contributed by atoms with E-state index in [1.54, 1.807) is 22.7 Å². The van der Waals surface area contributed by atoms with Crippen LogP contribution in [0.1, 0.15) is 51.9 Å². The van der Waals surface area contributed by atoms with Crippen molar-refractivity contribution in [3.63, 3.8) is 0 Å². The molecule has 0 spiro atoms. The number of rotatable bonds is 9. The van der Waals surface area contributed by atoms with Crippen molar-refractivity contribution in [2.24, 2.45) is 11.8 Å². The fourth-order valence-corrected chi connectivity index (χ4v) is 7.77. The van der Waals surface area contributed by atoms with E-state index in [1.807, 2.05) is 11.4 Å². The smallest absolute Gasteiger partial charge is 0.187 e. The van der Waals surface area contributed by atoms with Gasteiger partial charge in [-0.25, -0.2) is 10.5 Å². The summed E-state index contributed by atoms with van der Waals surface area (Å²) in [5.41, 5.74) is 4.02. The maximum Gasteiger partial charge on any atom is 0.187 e. The predicted octanol–water partition coefficient (Wildman–Crippen LogP) is 5.92. The average Bonchev–Trinajstić information content (AvgIpc) is 3.56. The normalized spacial score (nSPS) is 24.4. The molecule has 2 unspecified atom stereocenters. The van der Waals surface area contributed by atoms with Crippen molar-refractivity contribution >= 4 is 44.4 Å². The second-order valence-electron chi connectivity index (χ2n) is 9.66. The molecule has 2 atom stereocenters. The zero-order valence-corrected chi connectivity index (χ0v) is 21.9. The van der Waals surface area contributed by atoms with Crippen molar-refractivity contribution < 1.29 is 4.84 Å². The Bertz CT molecular complexity index is 899. The van der Waals surface area contributed by atoms with Gasteiger partial charge in [-0.2, -0.15) is 0 Å². The van der Waals surface area contributed by atoms with Crippen LogP contribution in [0.5, 0.6) is 0 Å². The summed E-state index contributed by atoms with van der Waals surface area (Å²) in [6.45, 7) is 8.20. The molecule has 3 fully saturated rings. The minimum Gasteiger partial charge on any atom is -0.361 e. The van der Waals surface area contributed by atoms with Crippen LogP contribution in [-0.4, -0.2) is 55.4 Å². The lowest BCUT2D eigenvalue weighted by molar-refractivity contribution is 0.0550. The van der Waals surface area contributed by atoms with Gasteiger partial charge in [0.25, 0.3) is 0 Å². The lowest BCUT2D eigenvalue weighted by Crippen LogP contribution is -2.46. The first-order valence-electron chi connectivity index (χ1n) is 12.5. The van der Waals surface area contributed by atoms with E-state index in [0.717, 1.165) is 64.7 Å². The Hall–Kier alpha value is -0.900. The van der Waals surface area contributed by atoms with Crippen LogP contribution < -0.4 is 15.7 Å². The van der Waals surface area contributed by atoms with Crippen LogP contribution in [-0.2, 0) is 4.84 Å².